The number of benzene rings is 1. The Kier molecular flexibility index (Phi) is 3.08. The van der Waals surface area contributed by atoms with Crippen molar-refractivity contribution in [3.8, 4) is 0 Å². The minimum absolute atomic E-state index is 0.487. The molecule has 2 N–H and O–H groups in total. The number of rotatable bonds is 2. The number of aliphatic hydroxyl groups is 1. The van der Waals surface area contributed by atoms with E-state index in [1.165, 1.54) is 11.1 Å². The Bertz CT molecular complexity index is 329. The zero-order valence-corrected chi connectivity index (χ0v) is 9.29. The first-order chi connectivity index (χ1) is 7.18. The molecule has 82 valence electrons. The maximum atomic E-state index is 10.4. The molecule has 1 aliphatic rings. The van der Waals surface area contributed by atoms with Gasteiger partial charge in [0.05, 0.1) is 5.60 Å². The van der Waals surface area contributed by atoms with Crippen LogP contribution in [0.3, 0.4) is 0 Å². The summed E-state index contributed by atoms with van der Waals surface area (Å²) in [5, 5.41) is 13.7. The van der Waals surface area contributed by atoms with Crippen molar-refractivity contribution in [2.45, 2.75) is 31.8 Å². The molecular formula is C13H19NO. The van der Waals surface area contributed by atoms with E-state index in [9.17, 15) is 5.11 Å². The second-order valence-electron chi connectivity index (χ2n) is 4.64. The molecule has 2 heteroatoms. The van der Waals surface area contributed by atoms with Crippen molar-refractivity contribution in [2.75, 3.05) is 13.1 Å². The lowest BCUT2D eigenvalue weighted by Crippen LogP contribution is -2.43. The van der Waals surface area contributed by atoms with Gasteiger partial charge in [0.2, 0.25) is 0 Å². The highest BCUT2D eigenvalue weighted by Crippen LogP contribution is 2.23. The van der Waals surface area contributed by atoms with E-state index in [0.717, 1.165) is 32.4 Å². The normalized spacial score (nSPS) is 20.1. The van der Waals surface area contributed by atoms with Crippen LogP contribution < -0.4 is 5.32 Å². The topological polar surface area (TPSA) is 32.3 Å². The molecular weight excluding hydrogens is 186 g/mol. The fraction of sp³-hybridized carbons (Fsp3) is 0.538. The molecule has 0 spiro atoms. The fourth-order valence-corrected chi connectivity index (χ4v) is 2.27. The zero-order valence-electron chi connectivity index (χ0n) is 9.29. The molecule has 1 fully saturated rings. The summed E-state index contributed by atoms with van der Waals surface area (Å²) < 4.78 is 0. The predicted octanol–water partition coefficient (Wildman–Crippen LogP) is 1.65. The van der Waals surface area contributed by atoms with Gasteiger partial charge in [-0.25, -0.2) is 0 Å². The van der Waals surface area contributed by atoms with Crippen molar-refractivity contribution < 1.29 is 5.11 Å². The molecule has 1 aromatic rings. The van der Waals surface area contributed by atoms with Crippen molar-refractivity contribution in [1.29, 1.82) is 0 Å². The van der Waals surface area contributed by atoms with Gasteiger partial charge < -0.3 is 10.4 Å². The average molecular weight is 205 g/mol. The van der Waals surface area contributed by atoms with Gasteiger partial charge in [0.1, 0.15) is 0 Å². The number of nitrogens with one attached hydrogen (secondary N) is 1. The predicted molar refractivity (Wildman–Crippen MR) is 61.9 cm³/mol. The summed E-state index contributed by atoms with van der Waals surface area (Å²) in [6.45, 7) is 3.96. The molecule has 0 amide bonds. The van der Waals surface area contributed by atoms with Crippen molar-refractivity contribution in [3.63, 3.8) is 0 Å². The van der Waals surface area contributed by atoms with Crippen molar-refractivity contribution in [3.05, 3.63) is 35.4 Å². The summed E-state index contributed by atoms with van der Waals surface area (Å²) in [5.74, 6) is 0. The van der Waals surface area contributed by atoms with Gasteiger partial charge in [-0.1, -0.05) is 29.8 Å². The molecule has 0 saturated carbocycles. The van der Waals surface area contributed by atoms with Crippen LogP contribution in [0, 0.1) is 6.92 Å². The van der Waals surface area contributed by atoms with E-state index < -0.39 is 5.60 Å². The maximum absolute atomic E-state index is 10.4. The third-order valence-corrected chi connectivity index (χ3v) is 3.15. The second kappa shape index (κ2) is 4.33. The first kappa shape index (κ1) is 10.7. The lowest BCUT2D eigenvalue weighted by atomic mass is 9.86. The third-order valence-electron chi connectivity index (χ3n) is 3.15. The highest BCUT2D eigenvalue weighted by Gasteiger charge is 2.28. The summed E-state index contributed by atoms with van der Waals surface area (Å²) in [7, 11) is 0. The number of aryl methyl sites for hydroxylation is 1. The summed E-state index contributed by atoms with van der Waals surface area (Å²) in [5.41, 5.74) is 2.03. The largest absolute Gasteiger partial charge is 0.389 e. The van der Waals surface area contributed by atoms with Gasteiger partial charge in [-0.2, -0.15) is 0 Å². The van der Waals surface area contributed by atoms with E-state index in [4.69, 9.17) is 0 Å². The number of piperidine rings is 1. The lowest BCUT2D eigenvalue weighted by Gasteiger charge is -2.32. The minimum atomic E-state index is -0.487. The highest BCUT2D eigenvalue weighted by atomic mass is 16.3. The molecule has 1 aromatic carbocycles. The maximum Gasteiger partial charge on any atom is 0.0712 e. The van der Waals surface area contributed by atoms with Crippen molar-refractivity contribution >= 4 is 0 Å². The van der Waals surface area contributed by atoms with Crippen molar-refractivity contribution in [1.82, 2.24) is 5.32 Å². The Hall–Kier alpha value is -0.860. The van der Waals surface area contributed by atoms with E-state index in [1.807, 2.05) is 0 Å². The summed E-state index contributed by atoms with van der Waals surface area (Å²) in [6.07, 6.45) is 2.51. The summed E-state index contributed by atoms with van der Waals surface area (Å²) in [4.78, 5) is 0. The quantitative estimate of drug-likeness (QED) is 0.769. The SMILES string of the molecule is Cc1cccc(CC2(O)CCNCC2)c1. The molecule has 1 aliphatic heterocycles. The summed E-state index contributed by atoms with van der Waals surface area (Å²) in [6, 6.07) is 8.43. The Morgan fingerprint density at radius 1 is 1.33 bits per heavy atom. The Morgan fingerprint density at radius 3 is 2.73 bits per heavy atom. The molecule has 0 radical (unpaired) electrons. The molecule has 2 nitrogen and oxygen atoms in total. The van der Waals surface area contributed by atoms with Crippen LogP contribution >= 0.6 is 0 Å². The van der Waals surface area contributed by atoms with Gasteiger partial charge >= 0.3 is 0 Å². The van der Waals surface area contributed by atoms with Crippen molar-refractivity contribution in [2.24, 2.45) is 0 Å². The molecule has 0 atom stereocenters. The number of hydrogen-bond acceptors (Lipinski definition) is 2. The molecule has 0 aromatic heterocycles. The van der Waals surface area contributed by atoms with E-state index in [2.05, 4.69) is 36.5 Å². The smallest absolute Gasteiger partial charge is 0.0712 e. The van der Waals surface area contributed by atoms with Crippen LogP contribution in [0.4, 0.5) is 0 Å². The molecule has 0 aliphatic carbocycles. The minimum Gasteiger partial charge on any atom is -0.389 e. The van der Waals surface area contributed by atoms with Crippen LogP contribution in [-0.2, 0) is 6.42 Å². The Balaban J connectivity index is 2.06. The third kappa shape index (κ3) is 2.80. The molecule has 1 heterocycles. The van der Waals surface area contributed by atoms with E-state index in [0.29, 0.717) is 0 Å². The van der Waals surface area contributed by atoms with Gasteiger partial charge in [-0.15, -0.1) is 0 Å². The highest BCUT2D eigenvalue weighted by molar-refractivity contribution is 5.23. The van der Waals surface area contributed by atoms with Gasteiger partial charge in [0.25, 0.3) is 0 Å². The van der Waals surface area contributed by atoms with Gasteiger partial charge in [-0.05, 0) is 38.4 Å². The van der Waals surface area contributed by atoms with E-state index >= 15 is 0 Å². The first-order valence-electron chi connectivity index (χ1n) is 5.67. The molecule has 15 heavy (non-hydrogen) atoms. The zero-order chi connectivity index (χ0) is 10.7. The van der Waals surface area contributed by atoms with E-state index in [-0.39, 0.29) is 0 Å². The van der Waals surface area contributed by atoms with Gasteiger partial charge in [0.15, 0.2) is 0 Å². The van der Waals surface area contributed by atoms with Crippen LogP contribution in [0.25, 0.3) is 0 Å². The Labute approximate surface area is 91.3 Å². The van der Waals surface area contributed by atoms with Crippen LogP contribution in [-0.4, -0.2) is 23.8 Å². The fourth-order valence-electron chi connectivity index (χ4n) is 2.27. The van der Waals surface area contributed by atoms with Crippen LogP contribution in [0.1, 0.15) is 24.0 Å². The lowest BCUT2D eigenvalue weighted by molar-refractivity contribution is 0.0109. The first-order valence-corrected chi connectivity index (χ1v) is 5.67. The van der Waals surface area contributed by atoms with Gasteiger partial charge in [0, 0.05) is 6.42 Å². The molecule has 1 saturated heterocycles. The van der Waals surface area contributed by atoms with Gasteiger partial charge in [-0.3, -0.25) is 0 Å². The average Bonchev–Trinajstić information content (AvgIpc) is 2.18. The number of hydrogen-bond donors (Lipinski definition) is 2. The molecule has 0 unspecified atom stereocenters. The van der Waals surface area contributed by atoms with E-state index in [1.54, 1.807) is 0 Å². The standard InChI is InChI=1S/C13H19NO/c1-11-3-2-4-12(9-11)10-13(15)5-7-14-8-6-13/h2-4,9,14-15H,5-8,10H2,1H3. The molecule has 2 rings (SSSR count). The summed E-state index contributed by atoms with van der Waals surface area (Å²) >= 11 is 0. The monoisotopic (exact) mass is 205 g/mol. The van der Waals surface area contributed by atoms with Crippen LogP contribution in [0.5, 0.6) is 0 Å². The Morgan fingerprint density at radius 2 is 2.07 bits per heavy atom. The molecule has 0 bridgehead atoms. The van der Waals surface area contributed by atoms with Crippen LogP contribution in [0.15, 0.2) is 24.3 Å². The van der Waals surface area contributed by atoms with Crippen LogP contribution in [0.2, 0.25) is 0 Å². The second-order valence-corrected chi connectivity index (χ2v) is 4.64.